The molecule has 0 unspecified atom stereocenters. The molecule has 0 spiro atoms. The van der Waals surface area contributed by atoms with Gasteiger partial charge in [-0.3, -0.25) is 5.10 Å². The standard InChI is InChI=1S/C23H14N8/c24-13-15-2-1-3-18(10-15)30-22(8-9-26-30)16-5-7-20-23(11-16)31(29-28-20)19-6-4-17-14-25-27-21(17)12-19/h1-12,14H,(H,25,27). The molecule has 0 aliphatic rings. The van der Waals surface area contributed by atoms with Crippen LogP contribution < -0.4 is 0 Å². The number of benzene rings is 3. The summed E-state index contributed by atoms with van der Waals surface area (Å²) < 4.78 is 3.64. The van der Waals surface area contributed by atoms with Crippen molar-refractivity contribution in [2.45, 2.75) is 0 Å². The molecule has 0 saturated heterocycles. The SMILES string of the molecule is N#Cc1cccc(-n2nccc2-c2ccc3nnn(-c4ccc5cn[nH]c5c4)c3c2)c1. The Hall–Kier alpha value is -4.77. The van der Waals surface area contributed by atoms with Crippen molar-refractivity contribution in [1.82, 2.24) is 35.0 Å². The lowest BCUT2D eigenvalue weighted by Gasteiger charge is -2.09. The maximum atomic E-state index is 9.23. The molecule has 0 saturated carbocycles. The highest BCUT2D eigenvalue weighted by molar-refractivity contribution is 5.84. The highest BCUT2D eigenvalue weighted by Crippen LogP contribution is 2.27. The summed E-state index contributed by atoms with van der Waals surface area (Å²) in [5.74, 6) is 0. The molecule has 0 aliphatic heterocycles. The largest absolute Gasteiger partial charge is 0.278 e. The number of hydrogen-bond donors (Lipinski definition) is 1. The molecule has 1 N–H and O–H groups in total. The van der Waals surface area contributed by atoms with Gasteiger partial charge >= 0.3 is 0 Å². The molecule has 0 atom stereocenters. The van der Waals surface area contributed by atoms with E-state index in [1.807, 2.05) is 70.0 Å². The van der Waals surface area contributed by atoms with E-state index < -0.39 is 0 Å². The van der Waals surface area contributed by atoms with Crippen molar-refractivity contribution in [1.29, 1.82) is 5.26 Å². The number of aromatic nitrogens is 7. The third-order valence-corrected chi connectivity index (χ3v) is 5.27. The Kier molecular flexibility index (Phi) is 3.67. The van der Waals surface area contributed by atoms with E-state index in [1.54, 1.807) is 18.5 Å². The van der Waals surface area contributed by atoms with Crippen molar-refractivity contribution in [3.63, 3.8) is 0 Å². The predicted octanol–water partition coefficient (Wildman–Crippen LogP) is 4.02. The van der Waals surface area contributed by atoms with Gasteiger partial charge < -0.3 is 0 Å². The minimum atomic E-state index is 0.589. The molecule has 0 aliphatic carbocycles. The van der Waals surface area contributed by atoms with Crippen LogP contribution in [-0.2, 0) is 0 Å². The molecule has 8 heteroatoms. The third kappa shape index (κ3) is 2.76. The molecule has 3 heterocycles. The zero-order chi connectivity index (χ0) is 20.8. The van der Waals surface area contributed by atoms with E-state index in [4.69, 9.17) is 0 Å². The molecule has 31 heavy (non-hydrogen) atoms. The van der Waals surface area contributed by atoms with Crippen LogP contribution in [-0.4, -0.2) is 35.0 Å². The second-order valence-electron chi connectivity index (χ2n) is 7.14. The monoisotopic (exact) mass is 402 g/mol. The molecular weight excluding hydrogens is 388 g/mol. The summed E-state index contributed by atoms with van der Waals surface area (Å²) in [4.78, 5) is 0. The molecule has 6 aromatic rings. The van der Waals surface area contributed by atoms with Gasteiger partial charge in [0, 0.05) is 10.9 Å². The van der Waals surface area contributed by atoms with Crippen LogP contribution >= 0.6 is 0 Å². The first kappa shape index (κ1) is 17.1. The molecule has 3 aromatic carbocycles. The van der Waals surface area contributed by atoms with Crippen LogP contribution in [0, 0.1) is 11.3 Å². The highest BCUT2D eigenvalue weighted by atomic mass is 15.4. The van der Waals surface area contributed by atoms with Crippen molar-refractivity contribution >= 4 is 21.9 Å². The van der Waals surface area contributed by atoms with Gasteiger partial charge in [0.25, 0.3) is 0 Å². The number of hydrogen-bond acceptors (Lipinski definition) is 5. The van der Waals surface area contributed by atoms with E-state index in [-0.39, 0.29) is 0 Å². The van der Waals surface area contributed by atoms with Gasteiger partial charge in [0.15, 0.2) is 0 Å². The first-order chi connectivity index (χ1) is 15.3. The summed E-state index contributed by atoms with van der Waals surface area (Å²) in [6.07, 6.45) is 3.54. The minimum absolute atomic E-state index is 0.589. The van der Waals surface area contributed by atoms with Crippen LogP contribution in [0.15, 0.2) is 79.1 Å². The quantitative estimate of drug-likeness (QED) is 0.482. The number of aromatic amines is 1. The van der Waals surface area contributed by atoms with Crippen LogP contribution in [0.4, 0.5) is 0 Å². The first-order valence-corrected chi connectivity index (χ1v) is 9.64. The summed E-state index contributed by atoms with van der Waals surface area (Å²) in [5, 5.41) is 30.5. The molecule has 0 bridgehead atoms. The van der Waals surface area contributed by atoms with E-state index in [0.717, 1.165) is 44.6 Å². The lowest BCUT2D eigenvalue weighted by Crippen LogP contribution is -2.00. The molecule has 6 rings (SSSR count). The maximum Gasteiger partial charge on any atom is 0.113 e. The smallest absolute Gasteiger partial charge is 0.113 e. The van der Waals surface area contributed by atoms with Gasteiger partial charge in [-0.1, -0.05) is 17.3 Å². The van der Waals surface area contributed by atoms with Crippen LogP contribution in [0.3, 0.4) is 0 Å². The Balaban J connectivity index is 1.49. The summed E-state index contributed by atoms with van der Waals surface area (Å²) in [6, 6.07) is 23.5. The molecular formula is C23H14N8. The lowest BCUT2D eigenvalue weighted by molar-refractivity contribution is 0.824. The fraction of sp³-hybridized carbons (Fsp3) is 0. The molecule has 0 fully saturated rings. The number of nitrogens with one attached hydrogen (secondary N) is 1. The second-order valence-corrected chi connectivity index (χ2v) is 7.14. The number of rotatable bonds is 3. The Labute approximate surface area is 176 Å². The molecule has 146 valence electrons. The minimum Gasteiger partial charge on any atom is -0.278 e. The third-order valence-electron chi connectivity index (χ3n) is 5.27. The number of nitriles is 1. The topological polar surface area (TPSA) is 101 Å². The van der Waals surface area contributed by atoms with E-state index in [0.29, 0.717) is 5.56 Å². The lowest BCUT2D eigenvalue weighted by atomic mass is 10.1. The van der Waals surface area contributed by atoms with Crippen LogP contribution in [0.25, 0.3) is 44.6 Å². The summed E-state index contributed by atoms with van der Waals surface area (Å²) in [6.45, 7) is 0. The summed E-state index contributed by atoms with van der Waals surface area (Å²) in [5.41, 5.74) is 6.81. The van der Waals surface area contributed by atoms with Crippen molar-refractivity contribution < 1.29 is 0 Å². The fourth-order valence-electron chi connectivity index (χ4n) is 3.76. The van der Waals surface area contributed by atoms with Gasteiger partial charge in [-0.15, -0.1) is 5.10 Å². The fourth-order valence-corrected chi connectivity index (χ4v) is 3.76. The van der Waals surface area contributed by atoms with Gasteiger partial charge in [0.05, 0.1) is 52.1 Å². The van der Waals surface area contributed by atoms with Gasteiger partial charge in [0.2, 0.25) is 0 Å². The zero-order valence-corrected chi connectivity index (χ0v) is 16.1. The van der Waals surface area contributed by atoms with Gasteiger partial charge in [-0.2, -0.15) is 15.5 Å². The number of fused-ring (bicyclic) bond motifs is 2. The van der Waals surface area contributed by atoms with Crippen LogP contribution in [0.2, 0.25) is 0 Å². The Morgan fingerprint density at radius 3 is 2.77 bits per heavy atom. The Bertz CT molecular complexity index is 1610. The summed E-state index contributed by atoms with van der Waals surface area (Å²) >= 11 is 0. The van der Waals surface area contributed by atoms with Crippen LogP contribution in [0.1, 0.15) is 5.56 Å². The van der Waals surface area contributed by atoms with E-state index in [1.165, 1.54) is 0 Å². The number of nitrogens with zero attached hydrogens (tertiary/aromatic N) is 7. The van der Waals surface area contributed by atoms with E-state index >= 15 is 0 Å². The highest BCUT2D eigenvalue weighted by Gasteiger charge is 2.13. The average molecular weight is 402 g/mol. The average Bonchev–Trinajstić information content (AvgIpc) is 3.57. The molecule has 3 aromatic heterocycles. The second kappa shape index (κ2) is 6.64. The Morgan fingerprint density at radius 1 is 0.903 bits per heavy atom. The van der Waals surface area contributed by atoms with Crippen molar-refractivity contribution in [2.75, 3.05) is 0 Å². The van der Waals surface area contributed by atoms with Crippen LogP contribution in [0.5, 0.6) is 0 Å². The molecule has 0 amide bonds. The van der Waals surface area contributed by atoms with Crippen molar-refractivity contribution in [3.05, 3.63) is 84.7 Å². The van der Waals surface area contributed by atoms with E-state index in [9.17, 15) is 5.26 Å². The van der Waals surface area contributed by atoms with Gasteiger partial charge in [-0.05, 0) is 54.6 Å². The van der Waals surface area contributed by atoms with Crippen molar-refractivity contribution in [2.24, 2.45) is 0 Å². The number of H-pyrrole nitrogens is 1. The Morgan fingerprint density at radius 2 is 1.84 bits per heavy atom. The van der Waals surface area contributed by atoms with Crippen molar-refractivity contribution in [3.8, 4) is 28.7 Å². The predicted molar refractivity (Wildman–Crippen MR) is 116 cm³/mol. The maximum absolute atomic E-state index is 9.23. The molecule has 8 nitrogen and oxygen atoms in total. The molecule has 0 radical (unpaired) electrons. The van der Waals surface area contributed by atoms with Gasteiger partial charge in [-0.25, -0.2) is 9.36 Å². The normalized spacial score (nSPS) is 11.2. The summed E-state index contributed by atoms with van der Waals surface area (Å²) in [7, 11) is 0. The zero-order valence-electron chi connectivity index (χ0n) is 16.1. The van der Waals surface area contributed by atoms with Gasteiger partial charge in [0.1, 0.15) is 5.52 Å². The first-order valence-electron chi connectivity index (χ1n) is 9.64. The van der Waals surface area contributed by atoms with E-state index in [2.05, 4.69) is 31.7 Å².